The number of benzene rings is 1. The van der Waals surface area contributed by atoms with E-state index in [2.05, 4.69) is 5.32 Å². The Bertz CT molecular complexity index is 786. The van der Waals surface area contributed by atoms with Crippen molar-refractivity contribution in [3.05, 3.63) is 54.2 Å². The average molecular weight is 387 g/mol. The van der Waals surface area contributed by atoms with Gasteiger partial charge >= 0.3 is 0 Å². The van der Waals surface area contributed by atoms with Crippen LogP contribution in [0, 0.1) is 11.7 Å². The van der Waals surface area contributed by atoms with Gasteiger partial charge in [-0.05, 0) is 30.2 Å². The Kier molecular flexibility index (Phi) is 6.68. The molecule has 1 saturated heterocycles. The van der Waals surface area contributed by atoms with Gasteiger partial charge in [0, 0.05) is 39.0 Å². The van der Waals surface area contributed by atoms with Crippen molar-refractivity contribution in [1.29, 1.82) is 0 Å². The fourth-order valence-corrected chi connectivity index (χ4v) is 3.39. The van der Waals surface area contributed by atoms with Crippen molar-refractivity contribution < 1.29 is 18.4 Å². The van der Waals surface area contributed by atoms with Crippen molar-refractivity contribution in [2.45, 2.75) is 26.3 Å². The van der Waals surface area contributed by atoms with Crippen LogP contribution >= 0.6 is 0 Å². The summed E-state index contributed by atoms with van der Waals surface area (Å²) in [4.78, 5) is 28.3. The summed E-state index contributed by atoms with van der Waals surface area (Å²) in [6.07, 6.45) is 2.18. The molecular formula is C21H26FN3O3. The summed E-state index contributed by atoms with van der Waals surface area (Å²) in [6, 6.07) is 10.3. The predicted molar refractivity (Wildman–Crippen MR) is 104 cm³/mol. The number of nitrogens with zero attached hydrogens (tertiary/aromatic N) is 2. The van der Waals surface area contributed by atoms with Gasteiger partial charge in [-0.2, -0.15) is 0 Å². The SMILES string of the molecule is C[C@@H](CC(=O)NCc1ccco1)CC(=O)N1CCN(c2ccccc2F)CC1. The zero-order chi connectivity index (χ0) is 19.9. The van der Waals surface area contributed by atoms with Crippen LogP contribution in [0.25, 0.3) is 0 Å². The summed E-state index contributed by atoms with van der Waals surface area (Å²) in [6.45, 7) is 4.58. The molecule has 0 unspecified atom stereocenters. The van der Waals surface area contributed by atoms with Gasteiger partial charge in [-0.15, -0.1) is 0 Å². The normalized spacial score (nSPS) is 15.4. The second-order valence-corrected chi connectivity index (χ2v) is 7.19. The zero-order valence-electron chi connectivity index (χ0n) is 16.1. The van der Waals surface area contributed by atoms with Crippen LogP contribution in [-0.4, -0.2) is 42.9 Å². The van der Waals surface area contributed by atoms with Crippen LogP contribution < -0.4 is 10.2 Å². The van der Waals surface area contributed by atoms with E-state index in [0.29, 0.717) is 57.0 Å². The summed E-state index contributed by atoms with van der Waals surface area (Å²) < 4.78 is 19.1. The molecule has 3 rings (SSSR count). The first-order valence-electron chi connectivity index (χ1n) is 9.59. The highest BCUT2D eigenvalue weighted by molar-refractivity contribution is 5.79. The minimum atomic E-state index is -0.239. The first kappa shape index (κ1) is 19.9. The fourth-order valence-electron chi connectivity index (χ4n) is 3.39. The molecule has 0 bridgehead atoms. The molecule has 1 fully saturated rings. The van der Waals surface area contributed by atoms with Crippen LogP contribution in [0.3, 0.4) is 0 Å². The van der Waals surface area contributed by atoms with E-state index in [1.807, 2.05) is 17.9 Å². The van der Waals surface area contributed by atoms with E-state index in [9.17, 15) is 14.0 Å². The molecule has 2 aromatic rings. The molecule has 150 valence electrons. The van der Waals surface area contributed by atoms with Crippen molar-refractivity contribution in [2.75, 3.05) is 31.1 Å². The van der Waals surface area contributed by atoms with Gasteiger partial charge in [0.2, 0.25) is 11.8 Å². The van der Waals surface area contributed by atoms with E-state index in [-0.39, 0.29) is 23.5 Å². The molecule has 7 heteroatoms. The first-order valence-corrected chi connectivity index (χ1v) is 9.59. The topological polar surface area (TPSA) is 65.8 Å². The van der Waals surface area contributed by atoms with Gasteiger partial charge in [-0.25, -0.2) is 4.39 Å². The lowest BCUT2D eigenvalue weighted by atomic mass is 10.0. The highest BCUT2D eigenvalue weighted by Crippen LogP contribution is 2.21. The number of carbonyl (C=O) groups is 2. The number of carbonyl (C=O) groups excluding carboxylic acids is 2. The molecule has 1 N–H and O–H groups in total. The lowest BCUT2D eigenvalue weighted by molar-refractivity contribution is -0.132. The number of nitrogens with one attached hydrogen (secondary N) is 1. The maximum Gasteiger partial charge on any atom is 0.222 e. The highest BCUT2D eigenvalue weighted by atomic mass is 19.1. The van der Waals surface area contributed by atoms with Crippen LogP contribution in [0.1, 0.15) is 25.5 Å². The number of para-hydroxylation sites is 1. The van der Waals surface area contributed by atoms with Gasteiger partial charge in [-0.3, -0.25) is 9.59 Å². The molecular weight excluding hydrogens is 361 g/mol. The number of rotatable bonds is 7. The lowest BCUT2D eigenvalue weighted by Crippen LogP contribution is -2.49. The van der Waals surface area contributed by atoms with Gasteiger partial charge in [0.1, 0.15) is 11.6 Å². The second kappa shape index (κ2) is 9.39. The molecule has 1 aliphatic rings. The summed E-state index contributed by atoms with van der Waals surface area (Å²) in [7, 11) is 0. The Balaban J connectivity index is 1.40. The Morgan fingerprint density at radius 3 is 2.54 bits per heavy atom. The monoisotopic (exact) mass is 387 g/mol. The number of amides is 2. The van der Waals surface area contributed by atoms with E-state index < -0.39 is 0 Å². The van der Waals surface area contributed by atoms with Gasteiger partial charge in [-0.1, -0.05) is 19.1 Å². The number of furan rings is 1. The molecule has 2 heterocycles. The summed E-state index contributed by atoms with van der Waals surface area (Å²) in [5.74, 6) is 0.357. The van der Waals surface area contributed by atoms with Crippen LogP contribution in [-0.2, 0) is 16.1 Å². The van der Waals surface area contributed by atoms with E-state index in [1.54, 1.807) is 35.4 Å². The summed E-state index contributed by atoms with van der Waals surface area (Å²) in [5, 5.41) is 2.80. The molecule has 6 nitrogen and oxygen atoms in total. The quantitative estimate of drug-likeness (QED) is 0.793. The Hall–Kier alpha value is -2.83. The van der Waals surface area contributed by atoms with Crippen LogP contribution in [0.2, 0.25) is 0 Å². The number of halogens is 1. The van der Waals surface area contributed by atoms with Gasteiger partial charge in [0.25, 0.3) is 0 Å². The molecule has 1 aromatic heterocycles. The van der Waals surface area contributed by atoms with E-state index >= 15 is 0 Å². The average Bonchev–Trinajstić information content (AvgIpc) is 3.20. The maximum absolute atomic E-state index is 13.9. The van der Waals surface area contributed by atoms with Crippen molar-refractivity contribution in [3.8, 4) is 0 Å². The molecule has 2 amide bonds. The molecule has 1 aliphatic heterocycles. The van der Waals surface area contributed by atoms with Crippen LogP contribution in [0.5, 0.6) is 0 Å². The van der Waals surface area contributed by atoms with E-state index in [0.717, 1.165) is 0 Å². The molecule has 0 spiro atoms. The van der Waals surface area contributed by atoms with Crippen molar-refractivity contribution in [3.63, 3.8) is 0 Å². The molecule has 1 atom stereocenters. The first-order chi connectivity index (χ1) is 13.5. The Morgan fingerprint density at radius 1 is 1.11 bits per heavy atom. The third kappa shape index (κ3) is 5.34. The third-order valence-electron chi connectivity index (χ3n) is 4.92. The number of piperazine rings is 1. The molecule has 28 heavy (non-hydrogen) atoms. The smallest absolute Gasteiger partial charge is 0.222 e. The zero-order valence-corrected chi connectivity index (χ0v) is 16.1. The molecule has 0 radical (unpaired) electrons. The highest BCUT2D eigenvalue weighted by Gasteiger charge is 2.24. The minimum absolute atomic E-state index is 0.0412. The van der Waals surface area contributed by atoms with E-state index in [4.69, 9.17) is 4.42 Å². The number of anilines is 1. The van der Waals surface area contributed by atoms with Gasteiger partial charge < -0.3 is 19.5 Å². The van der Waals surface area contributed by atoms with Gasteiger partial charge in [0.15, 0.2) is 0 Å². The van der Waals surface area contributed by atoms with Crippen LogP contribution in [0.4, 0.5) is 10.1 Å². The number of hydrogen-bond donors (Lipinski definition) is 1. The van der Waals surface area contributed by atoms with Gasteiger partial charge in [0.05, 0.1) is 18.5 Å². The largest absolute Gasteiger partial charge is 0.467 e. The fraction of sp³-hybridized carbons (Fsp3) is 0.429. The second-order valence-electron chi connectivity index (χ2n) is 7.19. The Morgan fingerprint density at radius 2 is 1.86 bits per heavy atom. The van der Waals surface area contributed by atoms with E-state index in [1.165, 1.54) is 6.07 Å². The van der Waals surface area contributed by atoms with Crippen molar-refractivity contribution in [1.82, 2.24) is 10.2 Å². The molecule has 0 saturated carbocycles. The van der Waals surface area contributed by atoms with Crippen molar-refractivity contribution in [2.24, 2.45) is 5.92 Å². The Labute approximate surface area is 164 Å². The standard InChI is InChI=1S/C21H26FN3O3/c1-16(13-20(26)23-15-17-5-4-12-28-17)14-21(27)25-10-8-24(9-11-25)19-7-3-2-6-18(19)22/h2-7,12,16H,8-11,13-15H2,1H3,(H,23,26)/t16-/m0/s1. The number of hydrogen-bond acceptors (Lipinski definition) is 4. The minimum Gasteiger partial charge on any atom is -0.467 e. The van der Waals surface area contributed by atoms with Crippen molar-refractivity contribution >= 4 is 17.5 Å². The molecule has 1 aromatic carbocycles. The summed E-state index contributed by atoms with van der Waals surface area (Å²) >= 11 is 0. The molecule has 0 aliphatic carbocycles. The predicted octanol–water partition coefficient (Wildman–Crippen LogP) is 2.80. The lowest BCUT2D eigenvalue weighted by Gasteiger charge is -2.36. The van der Waals surface area contributed by atoms with Crippen LogP contribution in [0.15, 0.2) is 47.1 Å². The summed E-state index contributed by atoms with van der Waals surface area (Å²) in [5.41, 5.74) is 0.580. The third-order valence-corrected chi connectivity index (χ3v) is 4.92. The maximum atomic E-state index is 13.9.